The number of H-pyrrole nitrogens is 1. The van der Waals surface area contributed by atoms with Gasteiger partial charge in [-0.1, -0.05) is 11.3 Å². The van der Waals surface area contributed by atoms with Gasteiger partial charge >= 0.3 is 4.87 Å². The van der Waals surface area contributed by atoms with Gasteiger partial charge in [-0.15, -0.1) is 0 Å². The van der Waals surface area contributed by atoms with E-state index in [1.807, 2.05) is 6.07 Å². The molecule has 0 saturated heterocycles. The van der Waals surface area contributed by atoms with E-state index in [2.05, 4.69) is 25.9 Å². The summed E-state index contributed by atoms with van der Waals surface area (Å²) in [5.74, 6) is 0. The van der Waals surface area contributed by atoms with Crippen molar-refractivity contribution in [3.05, 3.63) is 26.4 Å². The minimum Gasteiger partial charge on any atom is -0.311 e. The average molecular weight is 231 g/mol. The SMILES string of the molecule is O=c1[nH]c2cc(Br)cnc2s1. The second-order valence-corrected chi connectivity index (χ2v) is 3.90. The first-order chi connectivity index (χ1) is 5.25. The molecule has 2 rings (SSSR count). The highest BCUT2D eigenvalue weighted by molar-refractivity contribution is 9.10. The van der Waals surface area contributed by atoms with Crippen molar-refractivity contribution in [1.82, 2.24) is 9.97 Å². The molecule has 0 aliphatic heterocycles. The predicted octanol–water partition coefficient (Wildman–Crippen LogP) is 1.75. The number of thiazole rings is 1. The number of pyridine rings is 1. The second kappa shape index (κ2) is 2.42. The molecular formula is C6H3BrN2OS. The molecule has 2 aromatic heterocycles. The second-order valence-electron chi connectivity index (χ2n) is 2.02. The van der Waals surface area contributed by atoms with E-state index in [1.54, 1.807) is 6.20 Å². The third kappa shape index (κ3) is 1.21. The number of aromatic nitrogens is 2. The van der Waals surface area contributed by atoms with Crippen molar-refractivity contribution in [3.63, 3.8) is 0 Å². The Morgan fingerprint density at radius 1 is 1.64 bits per heavy atom. The molecule has 56 valence electrons. The molecule has 5 heteroatoms. The summed E-state index contributed by atoms with van der Waals surface area (Å²) >= 11 is 4.38. The summed E-state index contributed by atoms with van der Waals surface area (Å²) in [6.45, 7) is 0. The van der Waals surface area contributed by atoms with Gasteiger partial charge in [0, 0.05) is 10.7 Å². The lowest BCUT2D eigenvalue weighted by Crippen LogP contribution is -1.89. The third-order valence-electron chi connectivity index (χ3n) is 1.24. The van der Waals surface area contributed by atoms with Gasteiger partial charge in [0.2, 0.25) is 0 Å². The van der Waals surface area contributed by atoms with Gasteiger partial charge in [-0.2, -0.15) is 0 Å². The Morgan fingerprint density at radius 2 is 2.45 bits per heavy atom. The molecule has 0 atom stereocenters. The van der Waals surface area contributed by atoms with E-state index in [0.29, 0.717) is 0 Å². The van der Waals surface area contributed by atoms with E-state index in [0.717, 1.165) is 26.2 Å². The fourth-order valence-corrected chi connectivity index (χ4v) is 1.81. The van der Waals surface area contributed by atoms with Crippen molar-refractivity contribution in [2.75, 3.05) is 0 Å². The van der Waals surface area contributed by atoms with Gasteiger partial charge in [0.25, 0.3) is 0 Å². The predicted molar refractivity (Wildman–Crippen MR) is 47.9 cm³/mol. The van der Waals surface area contributed by atoms with Crippen LogP contribution in [0.25, 0.3) is 10.3 Å². The molecule has 0 fully saturated rings. The lowest BCUT2D eigenvalue weighted by molar-refractivity contribution is 1.36. The number of hydrogen-bond donors (Lipinski definition) is 1. The van der Waals surface area contributed by atoms with Gasteiger partial charge in [-0.05, 0) is 22.0 Å². The highest BCUT2D eigenvalue weighted by Gasteiger charge is 1.99. The molecule has 3 nitrogen and oxygen atoms in total. The fraction of sp³-hybridized carbons (Fsp3) is 0. The van der Waals surface area contributed by atoms with E-state index in [-0.39, 0.29) is 4.87 Å². The molecule has 2 heterocycles. The van der Waals surface area contributed by atoms with E-state index in [1.165, 1.54) is 0 Å². The van der Waals surface area contributed by atoms with Crippen LogP contribution in [0.3, 0.4) is 0 Å². The van der Waals surface area contributed by atoms with Crippen LogP contribution in [0.5, 0.6) is 0 Å². The minimum atomic E-state index is -0.0643. The summed E-state index contributed by atoms with van der Waals surface area (Å²) in [6.07, 6.45) is 1.67. The Bertz CT molecular complexity index is 447. The molecule has 0 bridgehead atoms. The zero-order valence-electron chi connectivity index (χ0n) is 5.30. The van der Waals surface area contributed by atoms with E-state index in [9.17, 15) is 4.79 Å². The molecular weight excluding hydrogens is 228 g/mol. The summed E-state index contributed by atoms with van der Waals surface area (Å²) < 4.78 is 0.874. The number of nitrogens with one attached hydrogen (secondary N) is 1. The van der Waals surface area contributed by atoms with Crippen LogP contribution in [-0.4, -0.2) is 9.97 Å². The first-order valence-electron chi connectivity index (χ1n) is 2.90. The highest BCUT2D eigenvalue weighted by Crippen LogP contribution is 2.15. The number of fused-ring (bicyclic) bond motifs is 1. The smallest absolute Gasteiger partial charge is 0.307 e. The van der Waals surface area contributed by atoms with Crippen LogP contribution >= 0.6 is 27.3 Å². The van der Waals surface area contributed by atoms with Crippen molar-refractivity contribution >= 4 is 37.6 Å². The van der Waals surface area contributed by atoms with Crippen LogP contribution in [0.15, 0.2) is 21.5 Å². The highest BCUT2D eigenvalue weighted by atomic mass is 79.9. The molecule has 0 spiro atoms. The number of halogens is 1. The number of rotatable bonds is 0. The quantitative estimate of drug-likeness (QED) is 0.750. The summed E-state index contributed by atoms with van der Waals surface area (Å²) in [5.41, 5.74) is 0.786. The Balaban J connectivity index is 2.92. The summed E-state index contributed by atoms with van der Waals surface area (Å²) in [7, 11) is 0. The zero-order valence-corrected chi connectivity index (χ0v) is 7.70. The van der Waals surface area contributed by atoms with Crippen LogP contribution in [0.2, 0.25) is 0 Å². The standard InChI is InChI=1S/C6H3BrN2OS/c7-3-1-4-5(8-2-3)11-6(10)9-4/h1-2H,(H,9,10). The van der Waals surface area contributed by atoms with Gasteiger partial charge in [0.05, 0.1) is 5.52 Å². The lowest BCUT2D eigenvalue weighted by Gasteiger charge is -1.86. The molecule has 0 aliphatic rings. The van der Waals surface area contributed by atoms with Gasteiger partial charge in [0.15, 0.2) is 0 Å². The maximum Gasteiger partial charge on any atom is 0.307 e. The fourth-order valence-electron chi connectivity index (χ4n) is 0.821. The number of hydrogen-bond acceptors (Lipinski definition) is 3. The van der Waals surface area contributed by atoms with Crippen LogP contribution in [-0.2, 0) is 0 Å². The third-order valence-corrected chi connectivity index (χ3v) is 2.48. The lowest BCUT2D eigenvalue weighted by atomic mass is 10.5. The van der Waals surface area contributed by atoms with Gasteiger partial charge in [-0.25, -0.2) is 4.98 Å². The van der Waals surface area contributed by atoms with Crippen molar-refractivity contribution in [2.24, 2.45) is 0 Å². The van der Waals surface area contributed by atoms with E-state index < -0.39 is 0 Å². The molecule has 0 aromatic carbocycles. The summed E-state index contributed by atoms with van der Waals surface area (Å²) in [5, 5.41) is 0. The maximum atomic E-state index is 10.8. The first-order valence-corrected chi connectivity index (χ1v) is 4.51. The molecule has 0 aliphatic carbocycles. The van der Waals surface area contributed by atoms with Crippen LogP contribution in [0.1, 0.15) is 0 Å². The van der Waals surface area contributed by atoms with Crippen LogP contribution < -0.4 is 4.87 Å². The van der Waals surface area contributed by atoms with Crippen molar-refractivity contribution in [2.45, 2.75) is 0 Å². The Morgan fingerprint density at radius 3 is 3.27 bits per heavy atom. The molecule has 0 amide bonds. The zero-order chi connectivity index (χ0) is 7.84. The minimum absolute atomic E-state index is 0.0643. The molecule has 11 heavy (non-hydrogen) atoms. The van der Waals surface area contributed by atoms with E-state index in [4.69, 9.17) is 0 Å². The molecule has 0 unspecified atom stereocenters. The molecule has 0 saturated carbocycles. The first kappa shape index (κ1) is 7.00. The Labute approximate surface area is 74.2 Å². The normalized spacial score (nSPS) is 10.6. The Kier molecular flexibility index (Phi) is 1.54. The van der Waals surface area contributed by atoms with E-state index >= 15 is 0 Å². The monoisotopic (exact) mass is 230 g/mol. The molecule has 0 radical (unpaired) electrons. The topological polar surface area (TPSA) is 45.8 Å². The Hall–Kier alpha value is -0.680. The number of aromatic amines is 1. The summed E-state index contributed by atoms with van der Waals surface area (Å²) in [4.78, 5) is 18.2. The van der Waals surface area contributed by atoms with Crippen LogP contribution in [0, 0.1) is 0 Å². The largest absolute Gasteiger partial charge is 0.311 e. The van der Waals surface area contributed by atoms with Crippen molar-refractivity contribution < 1.29 is 0 Å². The van der Waals surface area contributed by atoms with Crippen LogP contribution in [0.4, 0.5) is 0 Å². The van der Waals surface area contributed by atoms with Gasteiger partial charge in [-0.3, -0.25) is 4.79 Å². The summed E-state index contributed by atoms with van der Waals surface area (Å²) in [6, 6.07) is 1.83. The van der Waals surface area contributed by atoms with Crippen molar-refractivity contribution in [1.29, 1.82) is 0 Å². The molecule has 1 N–H and O–H groups in total. The van der Waals surface area contributed by atoms with Crippen molar-refractivity contribution in [3.8, 4) is 0 Å². The average Bonchev–Trinajstić information content (AvgIpc) is 2.27. The van der Waals surface area contributed by atoms with Gasteiger partial charge in [0.1, 0.15) is 4.83 Å². The number of nitrogens with zero attached hydrogens (tertiary/aromatic N) is 1. The maximum absolute atomic E-state index is 10.8. The molecule has 2 aromatic rings. The van der Waals surface area contributed by atoms with Gasteiger partial charge < -0.3 is 4.98 Å².